The van der Waals surface area contributed by atoms with Crippen molar-refractivity contribution in [2.75, 3.05) is 18.5 Å². The minimum atomic E-state index is -0.280. The predicted molar refractivity (Wildman–Crippen MR) is 76.9 cm³/mol. The van der Waals surface area contributed by atoms with Gasteiger partial charge in [0.05, 0.1) is 5.69 Å². The lowest BCUT2D eigenvalue weighted by atomic mass is 10.1. The fraction of sp³-hybridized carbons (Fsp3) is 0.333. The first-order valence-electron chi connectivity index (χ1n) is 6.68. The largest absolute Gasteiger partial charge is 0.374 e. The Labute approximate surface area is 118 Å². The lowest BCUT2D eigenvalue weighted by Crippen LogP contribution is -2.06. The van der Waals surface area contributed by atoms with Gasteiger partial charge in [-0.2, -0.15) is 0 Å². The Balaban J connectivity index is 2.37. The van der Waals surface area contributed by atoms with Crippen LogP contribution in [0.5, 0.6) is 0 Å². The Hall–Kier alpha value is -2.01. The van der Waals surface area contributed by atoms with Gasteiger partial charge in [0.2, 0.25) is 0 Å². The van der Waals surface area contributed by atoms with Gasteiger partial charge in [-0.1, -0.05) is 12.1 Å². The molecule has 5 heteroatoms. The van der Waals surface area contributed by atoms with Crippen molar-refractivity contribution in [3.63, 3.8) is 0 Å². The maximum absolute atomic E-state index is 13.3. The molecule has 0 saturated carbocycles. The van der Waals surface area contributed by atoms with Crippen molar-refractivity contribution in [2.24, 2.45) is 0 Å². The van der Waals surface area contributed by atoms with Crippen molar-refractivity contribution < 1.29 is 9.13 Å². The summed E-state index contributed by atoms with van der Waals surface area (Å²) in [5.41, 5.74) is 1.41. The fourth-order valence-electron chi connectivity index (χ4n) is 1.82. The second-order valence-corrected chi connectivity index (χ2v) is 4.23. The smallest absolute Gasteiger partial charge is 0.157 e. The molecule has 0 saturated heterocycles. The quantitative estimate of drug-likeness (QED) is 0.879. The van der Waals surface area contributed by atoms with Crippen LogP contribution >= 0.6 is 0 Å². The second-order valence-electron chi connectivity index (χ2n) is 4.23. The third-order valence-corrected chi connectivity index (χ3v) is 2.69. The van der Waals surface area contributed by atoms with Gasteiger partial charge in [-0.05, 0) is 26.0 Å². The molecule has 0 atom stereocenters. The van der Waals surface area contributed by atoms with Gasteiger partial charge < -0.3 is 10.1 Å². The van der Waals surface area contributed by atoms with E-state index in [1.807, 2.05) is 26.0 Å². The van der Waals surface area contributed by atoms with Gasteiger partial charge in [0, 0.05) is 24.8 Å². The van der Waals surface area contributed by atoms with Crippen molar-refractivity contribution in [3.8, 4) is 11.3 Å². The molecule has 20 heavy (non-hydrogen) atoms. The van der Waals surface area contributed by atoms with Gasteiger partial charge in [0.1, 0.15) is 18.2 Å². The minimum Gasteiger partial charge on any atom is -0.374 e. The summed E-state index contributed by atoms with van der Waals surface area (Å²) in [6, 6.07) is 8.18. The van der Waals surface area contributed by atoms with Crippen molar-refractivity contribution in [3.05, 3.63) is 42.0 Å². The topological polar surface area (TPSA) is 47.0 Å². The molecule has 0 unspecified atom stereocenters. The molecule has 0 amide bonds. The van der Waals surface area contributed by atoms with Crippen LogP contribution in [0.4, 0.5) is 10.2 Å². The number of aromatic nitrogens is 2. The summed E-state index contributed by atoms with van der Waals surface area (Å²) < 4.78 is 18.7. The Kier molecular flexibility index (Phi) is 5.01. The van der Waals surface area contributed by atoms with Gasteiger partial charge >= 0.3 is 0 Å². The highest BCUT2D eigenvalue weighted by atomic mass is 19.1. The molecule has 4 nitrogen and oxygen atoms in total. The number of benzene rings is 1. The summed E-state index contributed by atoms with van der Waals surface area (Å²) in [5.74, 6) is 1.03. The number of hydrogen-bond acceptors (Lipinski definition) is 4. The van der Waals surface area contributed by atoms with Crippen molar-refractivity contribution in [2.45, 2.75) is 20.5 Å². The molecule has 0 aliphatic carbocycles. The standard InChI is InChI=1S/C15H18FN3O/c1-3-17-14-9-13(11-6-5-7-12(16)8-11)18-15(19-14)10-20-4-2/h5-9H,3-4,10H2,1-2H3,(H,17,18,19). The van der Waals surface area contributed by atoms with Crippen molar-refractivity contribution in [1.82, 2.24) is 9.97 Å². The Morgan fingerprint density at radius 2 is 2.05 bits per heavy atom. The van der Waals surface area contributed by atoms with Gasteiger partial charge in [0.15, 0.2) is 5.82 Å². The minimum absolute atomic E-state index is 0.280. The molecule has 1 N–H and O–H groups in total. The number of ether oxygens (including phenoxy) is 1. The number of halogens is 1. The number of rotatable bonds is 6. The Bertz CT molecular complexity index is 575. The van der Waals surface area contributed by atoms with Crippen LogP contribution < -0.4 is 5.32 Å². The summed E-state index contributed by atoms with van der Waals surface area (Å²) in [5, 5.41) is 3.15. The number of nitrogens with one attached hydrogen (secondary N) is 1. The first-order chi connectivity index (χ1) is 9.72. The Morgan fingerprint density at radius 1 is 1.20 bits per heavy atom. The third-order valence-electron chi connectivity index (χ3n) is 2.69. The van der Waals surface area contributed by atoms with Crippen LogP contribution in [0.2, 0.25) is 0 Å². The molecule has 2 rings (SSSR count). The molecule has 0 bridgehead atoms. The zero-order chi connectivity index (χ0) is 14.4. The molecular weight excluding hydrogens is 257 g/mol. The van der Waals surface area contributed by atoms with Gasteiger partial charge in [-0.15, -0.1) is 0 Å². The third kappa shape index (κ3) is 3.74. The summed E-state index contributed by atoms with van der Waals surface area (Å²) in [4.78, 5) is 8.79. The maximum Gasteiger partial charge on any atom is 0.157 e. The molecule has 1 aromatic carbocycles. The molecular formula is C15H18FN3O. The van der Waals surface area contributed by atoms with Gasteiger partial charge in [0.25, 0.3) is 0 Å². The zero-order valence-electron chi connectivity index (χ0n) is 11.7. The van der Waals surface area contributed by atoms with Crippen LogP contribution in [-0.2, 0) is 11.3 Å². The van der Waals surface area contributed by atoms with Crippen LogP contribution in [0.25, 0.3) is 11.3 Å². The highest BCUT2D eigenvalue weighted by Gasteiger charge is 2.07. The van der Waals surface area contributed by atoms with Crippen LogP contribution in [0.15, 0.2) is 30.3 Å². The molecule has 106 valence electrons. The normalized spacial score (nSPS) is 10.6. The molecule has 0 aliphatic heterocycles. The first kappa shape index (κ1) is 14.4. The van der Waals surface area contributed by atoms with E-state index in [0.717, 1.165) is 17.9 Å². The van der Waals surface area contributed by atoms with Crippen LogP contribution in [-0.4, -0.2) is 23.1 Å². The van der Waals surface area contributed by atoms with Gasteiger partial charge in [-0.25, -0.2) is 14.4 Å². The monoisotopic (exact) mass is 275 g/mol. The summed E-state index contributed by atoms with van der Waals surface area (Å²) in [7, 11) is 0. The fourth-order valence-corrected chi connectivity index (χ4v) is 1.82. The van der Waals surface area contributed by atoms with Crippen molar-refractivity contribution in [1.29, 1.82) is 0 Å². The van der Waals surface area contributed by atoms with Gasteiger partial charge in [-0.3, -0.25) is 0 Å². The first-order valence-corrected chi connectivity index (χ1v) is 6.68. The van der Waals surface area contributed by atoms with E-state index in [1.54, 1.807) is 6.07 Å². The number of nitrogens with zero attached hydrogens (tertiary/aromatic N) is 2. The maximum atomic E-state index is 13.3. The van der Waals surface area contributed by atoms with Crippen LogP contribution in [0.1, 0.15) is 19.7 Å². The summed E-state index contributed by atoms with van der Waals surface area (Å²) in [6.45, 7) is 5.61. The van der Waals surface area contributed by atoms with E-state index < -0.39 is 0 Å². The van der Waals surface area contributed by atoms with E-state index in [1.165, 1.54) is 12.1 Å². The van der Waals surface area contributed by atoms with Crippen molar-refractivity contribution >= 4 is 5.82 Å². The lowest BCUT2D eigenvalue weighted by Gasteiger charge is -2.09. The summed E-state index contributed by atoms with van der Waals surface area (Å²) in [6.07, 6.45) is 0. The van der Waals surface area contributed by atoms with E-state index in [-0.39, 0.29) is 5.82 Å². The van der Waals surface area contributed by atoms with E-state index in [2.05, 4.69) is 15.3 Å². The van der Waals surface area contributed by atoms with E-state index in [4.69, 9.17) is 4.74 Å². The second kappa shape index (κ2) is 6.96. The number of hydrogen-bond donors (Lipinski definition) is 1. The molecule has 2 aromatic rings. The Morgan fingerprint density at radius 3 is 2.75 bits per heavy atom. The van der Waals surface area contributed by atoms with Crippen LogP contribution in [0.3, 0.4) is 0 Å². The summed E-state index contributed by atoms with van der Waals surface area (Å²) >= 11 is 0. The molecule has 1 heterocycles. The molecule has 0 radical (unpaired) electrons. The lowest BCUT2D eigenvalue weighted by molar-refractivity contribution is 0.128. The van der Waals surface area contributed by atoms with Crippen LogP contribution in [0, 0.1) is 5.82 Å². The van der Waals surface area contributed by atoms with E-state index >= 15 is 0 Å². The number of anilines is 1. The molecule has 1 aromatic heterocycles. The predicted octanol–water partition coefficient (Wildman–Crippen LogP) is 3.25. The van der Waals surface area contributed by atoms with E-state index in [9.17, 15) is 4.39 Å². The zero-order valence-corrected chi connectivity index (χ0v) is 11.7. The molecule has 0 fully saturated rings. The molecule has 0 aliphatic rings. The molecule has 0 spiro atoms. The SMILES string of the molecule is CCNc1cc(-c2cccc(F)c2)nc(COCC)n1. The highest BCUT2D eigenvalue weighted by Crippen LogP contribution is 2.21. The highest BCUT2D eigenvalue weighted by molar-refractivity contribution is 5.62. The average Bonchev–Trinajstić information content (AvgIpc) is 2.45. The van der Waals surface area contributed by atoms with E-state index in [0.29, 0.717) is 24.7 Å². The average molecular weight is 275 g/mol.